The van der Waals surface area contributed by atoms with Crippen molar-refractivity contribution in [1.82, 2.24) is 9.97 Å². The van der Waals surface area contributed by atoms with Crippen molar-refractivity contribution < 1.29 is 10.2 Å². The van der Waals surface area contributed by atoms with Gasteiger partial charge >= 0.3 is 0 Å². The number of nitrogens with one attached hydrogen (secondary N) is 2. The quantitative estimate of drug-likeness (QED) is 0.577. The van der Waals surface area contributed by atoms with Crippen LogP contribution in [0.2, 0.25) is 0 Å². The van der Waals surface area contributed by atoms with Crippen molar-refractivity contribution in [2.24, 2.45) is 0 Å². The van der Waals surface area contributed by atoms with Crippen LogP contribution in [-0.4, -0.2) is 46.0 Å². The SMILES string of the molecule is CCCNc1nc(C(C)C)nc(NC(CO)CO)c1C. The Bertz CT molecular complexity index is 420. The van der Waals surface area contributed by atoms with Gasteiger partial charge in [0.05, 0.1) is 19.3 Å². The largest absolute Gasteiger partial charge is 0.394 e. The number of nitrogens with zero attached hydrogens (tertiary/aromatic N) is 2. The summed E-state index contributed by atoms with van der Waals surface area (Å²) in [5.74, 6) is 2.42. The Hall–Kier alpha value is -1.40. The van der Waals surface area contributed by atoms with Gasteiger partial charge in [-0.2, -0.15) is 0 Å². The van der Waals surface area contributed by atoms with Gasteiger partial charge < -0.3 is 20.8 Å². The Morgan fingerprint density at radius 1 is 1.10 bits per heavy atom. The number of aliphatic hydroxyl groups is 2. The predicted octanol–water partition coefficient (Wildman–Crippen LogP) is 1.50. The van der Waals surface area contributed by atoms with Gasteiger partial charge in [0.15, 0.2) is 0 Å². The molecule has 20 heavy (non-hydrogen) atoms. The van der Waals surface area contributed by atoms with E-state index in [1.165, 1.54) is 0 Å². The molecule has 0 aliphatic heterocycles. The Morgan fingerprint density at radius 3 is 2.20 bits per heavy atom. The highest BCUT2D eigenvalue weighted by Crippen LogP contribution is 2.23. The standard InChI is InChI=1S/C14H26N4O2/c1-5-6-15-13-10(4)14(16-11(7-19)8-20)18-12(17-13)9(2)3/h9,11,19-20H,5-8H2,1-4H3,(H2,15,16,17,18). The molecular weight excluding hydrogens is 256 g/mol. The number of aromatic nitrogens is 2. The van der Waals surface area contributed by atoms with Gasteiger partial charge in [0.1, 0.15) is 17.5 Å². The summed E-state index contributed by atoms with van der Waals surface area (Å²) in [5, 5.41) is 24.7. The molecule has 0 unspecified atom stereocenters. The molecule has 1 heterocycles. The summed E-state index contributed by atoms with van der Waals surface area (Å²) in [5.41, 5.74) is 0.898. The highest BCUT2D eigenvalue weighted by Gasteiger charge is 2.15. The zero-order valence-corrected chi connectivity index (χ0v) is 12.8. The number of hydrogen-bond donors (Lipinski definition) is 4. The molecular formula is C14H26N4O2. The molecule has 0 saturated heterocycles. The minimum Gasteiger partial charge on any atom is -0.394 e. The molecule has 0 aliphatic carbocycles. The molecule has 0 aliphatic rings. The third kappa shape index (κ3) is 4.31. The van der Waals surface area contributed by atoms with Gasteiger partial charge in [-0.15, -0.1) is 0 Å². The minimum absolute atomic E-state index is 0.144. The molecule has 0 saturated carbocycles. The lowest BCUT2D eigenvalue weighted by molar-refractivity contribution is 0.203. The average molecular weight is 282 g/mol. The van der Waals surface area contributed by atoms with Crippen LogP contribution in [0.3, 0.4) is 0 Å². The first-order valence-electron chi connectivity index (χ1n) is 7.14. The second kappa shape index (κ2) is 8.01. The number of aliphatic hydroxyl groups excluding tert-OH is 2. The number of hydrogen-bond acceptors (Lipinski definition) is 6. The van der Waals surface area contributed by atoms with E-state index in [9.17, 15) is 10.2 Å². The Labute approximate surface area is 120 Å². The molecule has 1 aromatic rings. The van der Waals surface area contributed by atoms with Gasteiger partial charge in [-0.25, -0.2) is 9.97 Å². The molecule has 6 nitrogen and oxygen atoms in total. The Kier molecular flexibility index (Phi) is 6.67. The van der Waals surface area contributed by atoms with Crippen LogP contribution >= 0.6 is 0 Å². The summed E-state index contributed by atoms with van der Waals surface area (Å²) in [6, 6.07) is -0.414. The fraction of sp³-hybridized carbons (Fsp3) is 0.714. The summed E-state index contributed by atoms with van der Waals surface area (Å²) in [6.07, 6.45) is 1.01. The first kappa shape index (κ1) is 16.7. The maximum absolute atomic E-state index is 9.19. The molecule has 0 fully saturated rings. The lowest BCUT2D eigenvalue weighted by Gasteiger charge is -2.19. The van der Waals surface area contributed by atoms with Gasteiger partial charge in [-0.05, 0) is 13.3 Å². The summed E-state index contributed by atoms with van der Waals surface area (Å²) in [4.78, 5) is 9.03. The smallest absolute Gasteiger partial charge is 0.135 e. The van der Waals surface area contributed by atoms with E-state index in [0.717, 1.165) is 30.2 Å². The van der Waals surface area contributed by atoms with E-state index in [1.54, 1.807) is 0 Å². The van der Waals surface area contributed by atoms with Crippen LogP contribution in [0, 0.1) is 6.92 Å². The fourth-order valence-electron chi connectivity index (χ4n) is 1.69. The van der Waals surface area contributed by atoms with E-state index in [0.29, 0.717) is 5.82 Å². The fourth-order valence-corrected chi connectivity index (χ4v) is 1.69. The summed E-state index contributed by atoms with van der Waals surface area (Å²) in [6.45, 7) is 8.65. The number of anilines is 2. The zero-order chi connectivity index (χ0) is 15.1. The second-order valence-corrected chi connectivity index (χ2v) is 5.19. The van der Waals surface area contributed by atoms with Crippen LogP contribution in [0.1, 0.15) is 44.5 Å². The Balaban J connectivity index is 3.09. The van der Waals surface area contributed by atoms with E-state index < -0.39 is 6.04 Å². The molecule has 4 N–H and O–H groups in total. The molecule has 6 heteroatoms. The van der Waals surface area contributed by atoms with Crippen molar-refractivity contribution >= 4 is 11.6 Å². The zero-order valence-electron chi connectivity index (χ0n) is 12.8. The molecule has 0 aromatic carbocycles. The lowest BCUT2D eigenvalue weighted by Crippen LogP contribution is -2.29. The maximum Gasteiger partial charge on any atom is 0.135 e. The molecule has 0 atom stereocenters. The molecule has 0 bridgehead atoms. The topological polar surface area (TPSA) is 90.3 Å². The van der Waals surface area contributed by atoms with Crippen LogP contribution in [0.4, 0.5) is 11.6 Å². The van der Waals surface area contributed by atoms with Crippen molar-refractivity contribution in [3.05, 3.63) is 11.4 Å². The van der Waals surface area contributed by atoms with Crippen molar-refractivity contribution in [3.8, 4) is 0 Å². The van der Waals surface area contributed by atoms with E-state index >= 15 is 0 Å². The van der Waals surface area contributed by atoms with Crippen LogP contribution in [0.15, 0.2) is 0 Å². The van der Waals surface area contributed by atoms with Gasteiger partial charge in [-0.1, -0.05) is 20.8 Å². The predicted molar refractivity (Wildman–Crippen MR) is 81.2 cm³/mol. The lowest BCUT2D eigenvalue weighted by atomic mass is 10.2. The number of rotatable bonds is 8. The third-order valence-electron chi connectivity index (χ3n) is 3.00. The average Bonchev–Trinajstić information content (AvgIpc) is 2.44. The molecule has 0 amide bonds. The highest BCUT2D eigenvalue weighted by molar-refractivity contribution is 5.57. The Morgan fingerprint density at radius 2 is 1.70 bits per heavy atom. The maximum atomic E-state index is 9.19. The summed E-state index contributed by atoms with van der Waals surface area (Å²) >= 11 is 0. The summed E-state index contributed by atoms with van der Waals surface area (Å²) < 4.78 is 0. The van der Waals surface area contributed by atoms with Crippen LogP contribution < -0.4 is 10.6 Å². The first-order valence-corrected chi connectivity index (χ1v) is 7.14. The van der Waals surface area contributed by atoms with E-state index in [1.807, 2.05) is 20.8 Å². The van der Waals surface area contributed by atoms with Crippen LogP contribution in [0.5, 0.6) is 0 Å². The van der Waals surface area contributed by atoms with Gasteiger partial charge in [0.2, 0.25) is 0 Å². The van der Waals surface area contributed by atoms with Crippen molar-refractivity contribution in [1.29, 1.82) is 0 Å². The van der Waals surface area contributed by atoms with E-state index in [4.69, 9.17) is 0 Å². The van der Waals surface area contributed by atoms with Crippen molar-refractivity contribution in [3.63, 3.8) is 0 Å². The second-order valence-electron chi connectivity index (χ2n) is 5.19. The molecule has 1 aromatic heterocycles. The first-order chi connectivity index (χ1) is 9.53. The monoisotopic (exact) mass is 282 g/mol. The van der Waals surface area contributed by atoms with E-state index in [2.05, 4.69) is 27.5 Å². The minimum atomic E-state index is -0.414. The molecule has 0 spiro atoms. The summed E-state index contributed by atoms with van der Waals surface area (Å²) in [7, 11) is 0. The normalized spacial score (nSPS) is 11.2. The highest BCUT2D eigenvalue weighted by atomic mass is 16.3. The van der Waals surface area contributed by atoms with Gasteiger partial charge in [-0.3, -0.25) is 0 Å². The van der Waals surface area contributed by atoms with Gasteiger partial charge in [0.25, 0.3) is 0 Å². The van der Waals surface area contributed by atoms with Crippen LogP contribution in [-0.2, 0) is 0 Å². The molecule has 1 rings (SSSR count). The third-order valence-corrected chi connectivity index (χ3v) is 3.00. The van der Waals surface area contributed by atoms with E-state index in [-0.39, 0.29) is 19.1 Å². The van der Waals surface area contributed by atoms with Gasteiger partial charge in [0, 0.05) is 18.0 Å². The van der Waals surface area contributed by atoms with Crippen LogP contribution in [0.25, 0.3) is 0 Å². The molecule has 0 radical (unpaired) electrons. The molecule has 114 valence electrons. The van der Waals surface area contributed by atoms with Crippen molar-refractivity contribution in [2.75, 3.05) is 30.4 Å². The van der Waals surface area contributed by atoms with Crippen molar-refractivity contribution in [2.45, 2.75) is 46.1 Å².